The fourth-order valence-electron chi connectivity index (χ4n) is 4.22. The van der Waals surface area contributed by atoms with Crippen LogP contribution in [-0.2, 0) is 14.3 Å². The van der Waals surface area contributed by atoms with Crippen LogP contribution in [0.2, 0.25) is 0 Å². The third-order valence-corrected chi connectivity index (χ3v) is 7.33. The summed E-state index contributed by atoms with van der Waals surface area (Å²) in [6.07, 6.45) is 1.77. The first kappa shape index (κ1) is 28.4. The van der Waals surface area contributed by atoms with E-state index in [9.17, 15) is 29.6 Å². The first-order chi connectivity index (χ1) is 19.2. The molecule has 4 rings (SSSR count). The van der Waals surface area contributed by atoms with Crippen molar-refractivity contribution in [3.63, 3.8) is 0 Å². The van der Waals surface area contributed by atoms with Gasteiger partial charge in [-0.3, -0.25) is 24.6 Å². The van der Waals surface area contributed by atoms with E-state index in [1.807, 2.05) is 6.92 Å². The van der Waals surface area contributed by atoms with Crippen LogP contribution in [0.1, 0.15) is 59.2 Å². The summed E-state index contributed by atoms with van der Waals surface area (Å²) in [6.45, 7) is 5.88. The number of aromatic nitrogens is 1. The number of esters is 1. The van der Waals surface area contributed by atoms with E-state index in [1.54, 1.807) is 38.1 Å². The lowest BCUT2D eigenvalue weighted by atomic mass is 9.95. The van der Waals surface area contributed by atoms with Gasteiger partial charge in [0.15, 0.2) is 5.13 Å². The summed E-state index contributed by atoms with van der Waals surface area (Å²) in [5.74, 6) is -2.52. The lowest BCUT2D eigenvalue weighted by molar-refractivity contribution is -0.384. The van der Waals surface area contributed by atoms with Crippen molar-refractivity contribution < 1.29 is 33.9 Å². The second kappa shape index (κ2) is 12.1. The molecule has 3 aromatic rings. The van der Waals surface area contributed by atoms with Gasteiger partial charge in [-0.05, 0) is 50.1 Å². The number of benzene rings is 2. The number of Topliss-reactive ketones (excluding diaryl/α,β-unsaturated/α-hetero) is 1. The Morgan fingerprint density at radius 3 is 2.55 bits per heavy atom. The summed E-state index contributed by atoms with van der Waals surface area (Å²) in [5, 5.41) is 22.7. The minimum Gasteiger partial charge on any atom is -0.507 e. The maximum Gasteiger partial charge on any atom is 0.350 e. The molecule has 1 aliphatic heterocycles. The molecule has 1 saturated heterocycles. The van der Waals surface area contributed by atoms with Crippen LogP contribution in [0.15, 0.2) is 54.1 Å². The number of hydrogen-bond acceptors (Lipinski definition) is 10. The molecule has 2 heterocycles. The summed E-state index contributed by atoms with van der Waals surface area (Å²) < 4.78 is 10.8. The SMILES string of the molecule is CCCCOc1cccc(/C(O)=C2\C(=O)C(=O)N(c3nc(C)c(C(=O)OCC)s3)C2c2ccc([N+](=O)[O-])cc2)c1. The van der Waals surface area contributed by atoms with Crippen LogP contribution in [-0.4, -0.2) is 45.9 Å². The summed E-state index contributed by atoms with van der Waals surface area (Å²) in [6, 6.07) is 10.6. The number of rotatable bonds is 10. The zero-order valence-corrected chi connectivity index (χ0v) is 22.9. The fraction of sp³-hybridized carbons (Fsp3) is 0.286. The van der Waals surface area contributed by atoms with Gasteiger partial charge >= 0.3 is 11.9 Å². The number of non-ortho nitro benzene ring substituents is 1. The first-order valence-corrected chi connectivity index (χ1v) is 13.4. The number of carbonyl (C=O) groups excluding carboxylic acids is 3. The standard InChI is InChI=1S/C28H27N3O8S/c1-4-6-14-39-20-9-7-8-18(15-20)23(32)21-22(17-10-12-19(13-11-17)31(36)37)30(26(34)24(21)33)28-29-16(3)25(40-28)27(35)38-5-2/h7-13,15,22,32H,4-6,14H2,1-3H3/b23-21+. The smallest absolute Gasteiger partial charge is 0.350 e. The Morgan fingerprint density at radius 2 is 1.90 bits per heavy atom. The molecule has 12 heteroatoms. The van der Waals surface area contributed by atoms with Gasteiger partial charge in [0, 0.05) is 17.7 Å². The normalized spacial score (nSPS) is 16.3. The highest BCUT2D eigenvalue weighted by Gasteiger charge is 2.48. The molecule has 40 heavy (non-hydrogen) atoms. The van der Waals surface area contributed by atoms with Crippen LogP contribution in [0.25, 0.3) is 5.76 Å². The number of aliphatic hydroxyl groups excluding tert-OH is 1. The predicted molar refractivity (Wildman–Crippen MR) is 148 cm³/mol. The molecule has 11 nitrogen and oxygen atoms in total. The van der Waals surface area contributed by atoms with E-state index < -0.39 is 34.4 Å². The molecule has 208 valence electrons. The minimum absolute atomic E-state index is 0.0432. The summed E-state index contributed by atoms with van der Waals surface area (Å²) in [7, 11) is 0. The maximum absolute atomic E-state index is 13.4. The van der Waals surface area contributed by atoms with Crippen LogP contribution >= 0.6 is 11.3 Å². The third kappa shape index (κ3) is 5.57. The molecule has 1 aliphatic rings. The molecular formula is C28H27N3O8S. The average Bonchev–Trinajstić information content (AvgIpc) is 3.45. The zero-order chi connectivity index (χ0) is 29.0. The van der Waals surface area contributed by atoms with Crippen molar-refractivity contribution >= 4 is 45.6 Å². The number of nitrogens with zero attached hydrogens (tertiary/aromatic N) is 3. The number of amides is 1. The molecule has 1 unspecified atom stereocenters. The number of ether oxygens (including phenoxy) is 2. The molecule has 0 saturated carbocycles. The minimum atomic E-state index is -1.17. The number of ketones is 1. The largest absolute Gasteiger partial charge is 0.507 e. The number of aliphatic hydroxyl groups is 1. The number of nitro benzene ring substituents is 1. The van der Waals surface area contributed by atoms with Crippen molar-refractivity contribution in [3.8, 4) is 5.75 Å². The van der Waals surface area contributed by atoms with Crippen molar-refractivity contribution in [2.45, 2.75) is 39.7 Å². The van der Waals surface area contributed by atoms with Crippen LogP contribution < -0.4 is 9.64 Å². The number of anilines is 1. The van der Waals surface area contributed by atoms with E-state index in [4.69, 9.17) is 9.47 Å². The molecular weight excluding hydrogens is 538 g/mol. The third-order valence-electron chi connectivity index (χ3n) is 6.19. The fourth-order valence-corrected chi connectivity index (χ4v) is 5.21. The second-order valence-electron chi connectivity index (χ2n) is 8.88. The topological polar surface area (TPSA) is 149 Å². The maximum atomic E-state index is 13.4. The van der Waals surface area contributed by atoms with Crippen molar-refractivity contribution in [2.24, 2.45) is 0 Å². The molecule has 2 aromatic carbocycles. The van der Waals surface area contributed by atoms with Gasteiger partial charge in [0.1, 0.15) is 16.4 Å². The molecule has 0 spiro atoms. The highest BCUT2D eigenvalue weighted by atomic mass is 32.1. The molecule has 1 aromatic heterocycles. The molecule has 1 atom stereocenters. The zero-order valence-electron chi connectivity index (χ0n) is 22.1. The van der Waals surface area contributed by atoms with E-state index in [-0.39, 0.29) is 33.4 Å². The van der Waals surface area contributed by atoms with Gasteiger partial charge in [-0.1, -0.05) is 36.8 Å². The lowest BCUT2D eigenvalue weighted by Crippen LogP contribution is -2.29. The van der Waals surface area contributed by atoms with Gasteiger partial charge in [-0.2, -0.15) is 0 Å². The Balaban J connectivity index is 1.86. The van der Waals surface area contributed by atoms with E-state index >= 15 is 0 Å². The Hall–Kier alpha value is -4.58. The molecule has 0 radical (unpaired) electrons. The predicted octanol–water partition coefficient (Wildman–Crippen LogP) is 5.34. The monoisotopic (exact) mass is 565 g/mol. The highest BCUT2D eigenvalue weighted by Crippen LogP contribution is 2.44. The van der Waals surface area contributed by atoms with Gasteiger partial charge in [0.2, 0.25) is 0 Å². The van der Waals surface area contributed by atoms with E-state index in [0.717, 1.165) is 29.1 Å². The summed E-state index contributed by atoms with van der Waals surface area (Å²) in [4.78, 5) is 55.6. The number of hydrogen-bond donors (Lipinski definition) is 1. The second-order valence-corrected chi connectivity index (χ2v) is 9.86. The summed E-state index contributed by atoms with van der Waals surface area (Å²) in [5.41, 5.74) is 0.468. The van der Waals surface area contributed by atoms with Gasteiger partial charge in [-0.15, -0.1) is 0 Å². The molecule has 1 amide bonds. The van der Waals surface area contributed by atoms with Crippen LogP contribution in [0.5, 0.6) is 5.75 Å². The lowest BCUT2D eigenvalue weighted by Gasteiger charge is -2.23. The van der Waals surface area contributed by atoms with Crippen LogP contribution in [0, 0.1) is 17.0 Å². The van der Waals surface area contributed by atoms with Crippen molar-refractivity contribution in [2.75, 3.05) is 18.1 Å². The number of nitro groups is 1. The highest BCUT2D eigenvalue weighted by molar-refractivity contribution is 7.17. The quantitative estimate of drug-likeness (QED) is 0.0653. The number of aryl methyl sites for hydroxylation is 1. The molecule has 1 N–H and O–H groups in total. The first-order valence-electron chi connectivity index (χ1n) is 12.6. The summed E-state index contributed by atoms with van der Waals surface area (Å²) >= 11 is 0.875. The van der Waals surface area contributed by atoms with Gasteiger partial charge in [0.25, 0.3) is 11.5 Å². The van der Waals surface area contributed by atoms with Crippen molar-refractivity contribution in [1.82, 2.24) is 4.98 Å². The van der Waals surface area contributed by atoms with E-state index in [2.05, 4.69) is 4.98 Å². The van der Waals surface area contributed by atoms with Gasteiger partial charge in [-0.25, -0.2) is 9.78 Å². The van der Waals surface area contributed by atoms with E-state index in [0.29, 0.717) is 23.6 Å². The number of thiazole rings is 1. The Kier molecular flexibility index (Phi) is 8.58. The number of carbonyl (C=O) groups is 3. The Labute approximate surface area is 233 Å². The Bertz CT molecular complexity index is 1500. The van der Waals surface area contributed by atoms with Crippen molar-refractivity contribution in [3.05, 3.63) is 85.9 Å². The van der Waals surface area contributed by atoms with Crippen LogP contribution in [0.3, 0.4) is 0 Å². The van der Waals surface area contributed by atoms with E-state index in [1.165, 1.54) is 24.3 Å². The van der Waals surface area contributed by atoms with Gasteiger partial charge in [0.05, 0.1) is 35.4 Å². The average molecular weight is 566 g/mol. The molecule has 0 aliphatic carbocycles. The van der Waals surface area contributed by atoms with Crippen LogP contribution in [0.4, 0.5) is 10.8 Å². The molecule has 0 bridgehead atoms. The van der Waals surface area contributed by atoms with Crippen molar-refractivity contribution in [1.29, 1.82) is 0 Å². The molecule has 1 fully saturated rings. The van der Waals surface area contributed by atoms with Gasteiger partial charge < -0.3 is 14.6 Å². The Morgan fingerprint density at radius 1 is 1.18 bits per heavy atom. The number of unbranched alkanes of at least 4 members (excludes halogenated alkanes) is 1.